The second kappa shape index (κ2) is 7.00. The first kappa shape index (κ1) is 13.7. The van der Waals surface area contributed by atoms with Crippen molar-refractivity contribution in [1.82, 2.24) is 0 Å². The summed E-state index contributed by atoms with van der Waals surface area (Å²) in [5, 5.41) is 8.97. The monoisotopic (exact) mass is 272 g/mol. The lowest BCUT2D eigenvalue weighted by Gasteiger charge is -2.17. The third-order valence-electron chi connectivity index (χ3n) is 2.80. The van der Waals surface area contributed by atoms with Crippen LogP contribution in [0.5, 0.6) is 0 Å². The van der Waals surface area contributed by atoms with Crippen LogP contribution in [-0.4, -0.2) is 16.8 Å². The number of hydrogen-bond acceptors (Lipinski definition) is 2. The van der Waals surface area contributed by atoms with Gasteiger partial charge in [-0.3, -0.25) is 4.79 Å². The van der Waals surface area contributed by atoms with E-state index in [-0.39, 0.29) is 11.0 Å². The Hall–Kier alpha value is -1.74. The molecule has 2 rings (SSSR count). The first-order chi connectivity index (χ1) is 9.27. The third-order valence-corrected chi connectivity index (χ3v) is 4.10. The maximum atomic E-state index is 10.8. The summed E-state index contributed by atoms with van der Waals surface area (Å²) < 4.78 is 0. The number of hydrogen-bond donors (Lipinski definition) is 1. The van der Waals surface area contributed by atoms with Crippen LogP contribution in [0.1, 0.15) is 17.2 Å². The zero-order valence-electron chi connectivity index (χ0n) is 10.5. The van der Waals surface area contributed by atoms with Crippen molar-refractivity contribution in [3.05, 3.63) is 71.8 Å². The van der Waals surface area contributed by atoms with Gasteiger partial charge in [0.15, 0.2) is 0 Å². The summed E-state index contributed by atoms with van der Waals surface area (Å²) in [5.74, 6) is -0.666. The van der Waals surface area contributed by atoms with Gasteiger partial charge in [-0.15, -0.1) is 11.8 Å². The number of carboxylic acid groups (broad SMARTS) is 1. The fraction of sp³-hybridized carbons (Fsp3) is 0.188. The number of aliphatic carboxylic acids is 1. The molecule has 0 bridgehead atoms. The summed E-state index contributed by atoms with van der Waals surface area (Å²) in [4.78, 5) is 10.8. The third kappa shape index (κ3) is 4.14. The Morgan fingerprint density at radius 3 is 2.79 bits per heavy atom. The van der Waals surface area contributed by atoms with Crippen LogP contribution in [0.2, 0.25) is 0 Å². The highest BCUT2D eigenvalue weighted by atomic mass is 32.2. The first-order valence-electron chi connectivity index (χ1n) is 6.19. The van der Waals surface area contributed by atoms with Crippen LogP contribution >= 0.6 is 11.8 Å². The molecule has 1 aromatic rings. The van der Waals surface area contributed by atoms with Gasteiger partial charge in [0, 0.05) is 0 Å². The highest BCUT2D eigenvalue weighted by Gasteiger charge is 2.17. The minimum atomic E-state index is -0.776. The van der Waals surface area contributed by atoms with Gasteiger partial charge in [-0.05, 0) is 17.6 Å². The quantitative estimate of drug-likeness (QED) is 0.880. The summed E-state index contributed by atoms with van der Waals surface area (Å²) in [7, 11) is 0. The van der Waals surface area contributed by atoms with Gasteiger partial charge in [-0.1, -0.05) is 60.7 Å². The van der Waals surface area contributed by atoms with Crippen molar-refractivity contribution in [2.45, 2.75) is 11.7 Å². The molecule has 0 fully saturated rings. The van der Waals surface area contributed by atoms with Crippen LogP contribution in [0.15, 0.2) is 66.3 Å². The topological polar surface area (TPSA) is 37.3 Å². The Labute approximate surface area is 117 Å². The number of rotatable bonds is 5. The molecule has 19 heavy (non-hydrogen) atoms. The zero-order chi connectivity index (χ0) is 13.5. The van der Waals surface area contributed by atoms with Crippen LogP contribution < -0.4 is 0 Å². The predicted octanol–water partition coefficient (Wildman–Crippen LogP) is 3.99. The number of carbonyl (C=O) groups is 1. The van der Waals surface area contributed by atoms with E-state index in [4.69, 9.17) is 5.11 Å². The van der Waals surface area contributed by atoms with Crippen LogP contribution in [0, 0.1) is 0 Å². The van der Waals surface area contributed by atoms with Crippen LogP contribution in [0.25, 0.3) is 0 Å². The van der Waals surface area contributed by atoms with Gasteiger partial charge < -0.3 is 5.11 Å². The number of carboxylic acids is 1. The fourth-order valence-electron chi connectivity index (χ4n) is 1.96. The maximum absolute atomic E-state index is 10.8. The average Bonchev–Trinajstić information content (AvgIpc) is 2.69. The fourth-order valence-corrected chi connectivity index (χ4v) is 2.98. The van der Waals surface area contributed by atoms with E-state index in [1.54, 1.807) is 0 Å². The molecule has 1 atom stereocenters. The number of thioether (sulfide) groups is 1. The lowest BCUT2D eigenvalue weighted by molar-refractivity contribution is -0.133. The normalized spacial score (nSPS) is 15.7. The Morgan fingerprint density at radius 1 is 1.26 bits per heavy atom. The van der Waals surface area contributed by atoms with E-state index in [1.165, 1.54) is 17.3 Å². The number of allylic oxidation sites excluding steroid dienone is 5. The summed E-state index contributed by atoms with van der Waals surface area (Å²) in [5.41, 5.74) is 2.31. The zero-order valence-corrected chi connectivity index (χ0v) is 11.3. The van der Waals surface area contributed by atoms with E-state index in [2.05, 4.69) is 18.2 Å². The average molecular weight is 272 g/mol. The van der Waals surface area contributed by atoms with Crippen LogP contribution in [0.4, 0.5) is 0 Å². The van der Waals surface area contributed by atoms with Gasteiger partial charge in [0.2, 0.25) is 0 Å². The molecule has 0 saturated heterocycles. The minimum absolute atomic E-state index is 0.0773. The van der Waals surface area contributed by atoms with Gasteiger partial charge in [0.1, 0.15) is 0 Å². The van der Waals surface area contributed by atoms with Crippen LogP contribution in [0.3, 0.4) is 0 Å². The smallest absolute Gasteiger partial charge is 0.313 e. The SMILES string of the molecule is O=C(O)CSC(C1=CCC=CC=C1)c1ccccc1. The largest absolute Gasteiger partial charge is 0.481 e. The highest BCUT2D eigenvalue weighted by molar-refractivity contribution is 8.00. The lowest BCUT2D eigenvalue weighted by atomic mass is 10.0. The highest BCUT2D eigenvalue weighted by Crippen LogP contribution is 2.37. The molecule has 1 unspecified atom stereocenters. The minimum Gasteiger partial charge on any atom is -0.481 e. The van der Waals surface area contributed by atoms with Crippen molar-refractivity contribution in [1.29, 1.82) is 0 Å². The molecule has 1 N–H and O–H groups in total. The van der Waals surface area contributed by atoms with Gasteiger partial charge in [0.25, 0.3) is 0 Å². The lowest BCUT2D eigenvalue weighted by Crippen LogP contribution is -2.04. The molecule has 0 saturated carbocycles. The van der Waals surface area contributed by atoms with E-state index in [9.17, 15) is 4.79 Å². The van der Waals surface area contributed by atoms with Crippen molar-refractivity contribution in [2.24, 2.45) is 0 Å². The molecule has 0 amide bonds. The molecule has 0 spiro atoms. The summed E-state index contributed by atoms with van der Waals surface area (Å²) in [6, 6.07) is 10.0. The Bertz CT molecular complexity index is 515. The van der Waals surface area contributed by atoms with Crippen molar-refractivity contribution in [3.63, 3.8) is 0 Å². The van der Waals surface area contributed by atoms with E-state index < -0.39 is 5.97 Å². The molecule has 1 aromatic carbocycles. The second-order valence-electron chi connectivity index (χ2n) is 4.22. The summed E-state index contributed by atoms with van der Waals surface area (Å²) in [6.45, 7) is 0. The maximum Gasteiger partial charge on any atom is 0.313 e. The van der Waals surface area contributed by atoms with Crippen molar-refractivity contribution < 1.29 is 9.90 Å². The Morgan fingerprint density at radius 2 is 2.05 bits per heavy atom. The van der Waals surface area contributed by atoms with Crippen molar-refractivity contribution in [2.75, 3.05) is 5.75 Å². The standard InChI is InChI=1S/C16H16O2S/c17-15(18)12-19-16(14-10-6-3-7-11-14)13-8-4-1-2-5-9-13/h1-4,6-11,16H,5,12H2,(H,17,18). The molecular formula is C16H16O2S. The van der Waals surface area contributed by atoms with E-state index in [0.29, 0.717) is 0 Å². The Balaban J connectivity index is 2.23. The molecule has 0 aliphatic heterocycles. The van der Waals surface area contributed by atoms with Gasteiger partial charge in [-0.2, -0.15) is 0 Å². The van der Waals surface area contributed by atoms with E-state index >= 15 is 0 Å². The van der Waals surface area contributed by atoms with E-state index in [1.807, 2.05) is 42.5 Å². The molecule has 1 aliphatic carbocycles. The van der Waals surface area contributed by atoms with Crippen molar-refractivity contribution >= 4 is 17.7 Å². The summed E-state index contributed by atoms with van der Waals surface area (Å²) >= 11 is 1.45. The molecule has 3 heteroatoms. The predicted molar refractivity (Wildman–Crippen MR) is 80.3 cm³/mol. The number of benzene rings is 1. The molecule has 0 heterocycles. The molecule has 98 valence electrons. The first-order valence-corrected chi connectivity index (χ1v) is 7.24. The second-order valence-corrected chi connectivity index (χ2v) is 5.32. The van der Waals surface area contributed by atoms with Gasteiger partial charge in [-0.25, -0.2) is 0 Å². The van der Waals surface area contributed by atoms with Crippen molar-refractivity contribution in [3.8, 4) is 0 Å². The van der Waals surface area contributed by atoms with Crippen LogP contribution in [-0.2, 0) is 4.79 Å². The summed E-state index contributed by atoms with van der Waals surface area (Å²) in [6.07, 6.45) is 11.2. The molecule has 0 radical (unpaired) electrons. The molecular weight excluding hydrogens is 256 g/mol. The van der Waals surface area contributed by atoms with Gasteiger partial charge in [0.05, 0.1) is 11.0 Å². The molecule has 0 aromatic heterocycles. The molecule has 2 nitrogen and oxygen atoms in total. The Kier molecular flexibility index (Phi) is 5.04. The molecule has 1 aliphatic rings. The van der Waals surface area contributed by atoms with E-state index in [0.717, 1.165) is 12.0 Å². The van der Waals surface area contributed by atoms with Gasteiger partial charge >= 0.3 is 5.97 Å².